The number of thiophene rings is 1. The van der Waals surface area contributed by atoms with Crippen LogP contribution in [-0.2, 0) is 4.79 Å². The maximum Gasteiger partial charge on any atom is 0.264 e. The third kappa shape index (κ3) is 2.97. The normalized spacial score (nSPS) is 16.8. The number of aryl methyl sites for hydroxylation is 1. The number of fused-ring (bicyclic) bond motifs is 1. The molecule has 1 saturated heterocycles. The summed E-state index contributed by atoms with van der Waals surface area (Å²) in [6.45, 7) is 2.62. The lowest BCUT2D eigenvalue weighted by atomic mass is 10.1. The van der Waals surface area contributed by atoms with E-state index < -0.39 is 6.04 Å². The van der Waals surface area contributed by atoms with Crippen LogP contribution in [0.15, 0.2) is 48.0 Å². The molecule has 0 unspecified atom stereocenters. The smallest absolute Gasteiger partial charge is 0.264 e. The lowest BCUT2D eigenvalue weighted by molar-refractivity contribution is -0.119. The molecule has 132 valence electrons. The van der Waals surface area contributed by atoms with Crippen molar-refractivity contribution in [3.05, 3.63) is 58.4 Å². The van der Waals surface area contributed by atoms with Crippen molar-refractivity contribution < 1.29 is 9.59 Å². The minimum atomic E-state index is -0.433. The van der Waals surface area contributed by atoms with Gasteiger partial charge in [0.1, 0.15) is 6.04 Å². The van der Waals surface area contributed by atoms with E-state index in [9.17, 15) is 9.59 Å². The lowest BCUT2D eigenvalue weighted by Gasteiger charge is -2.23. The number of benzene rings is 1. The molecule has 1 aromatic carbocycles. The van der Waals surface area contributed by atoms with Crippen LogP contribution in [0.25, 0.3) is 10.9 Å². The minimum absolute atomic E-state index is 0.0620. The van der Waals surface area contributed by atoms with Gasteiger partial charge in [-0.3, -0.25) is 14.6 Å². The molecule has 3 aromatic rings. The lowest BCUT2D eigenvalue weighted by Crippen LogP contribution is -2.43. The quantitative estimate of drug-likeness (QED) is 0.767. The van der Waals surface area contributed by atoms with Gasteiger partial charge in [-0.05, 0) is 55.0 Å². The number of hydrogen-bond acceptors (Lipinski definition) is 4. The molecule has 1 N–H and O–H groups in total. The van der Waals surface area contributed by atoms with E-state index in [0.29, 0.717) is 17.8 Å². The molecule has 0 aliphatic carbocycles. The van der Waals surface area contributed by atoms with Gasteiger partial charge < -0.3 is 10.2 Å². The summed E-state index contributed by atoms with van der Waals surface area (Å²) in [5, 5.41) is 5.81. The summed E-state index contributed by atoms with van der Waals surface area (Å²) >= 11 is 1.41. The van der Waals surface area contributed by atoms with E-state index in [-0.39, 0.29) is 11.8 Å². The summed E-state index contributed by atoms with van der Waals surface area (Å²) in [4.78, 5) is 32.4. The molecule has 1 aliphatic heterocycles. The first-order chi connectivity index (χ1) is 12.6. The SMILES string of the molecule is Cc1ccc(NC(=O)[C@@H]2CCCN2C(=O)c2cccs2)c2cccnc12. The van der Waals surface area contributed by atoms with Crippen LogP contribution in [-0.4, -0.2) is 34.3 Å². The second-order valence-corrected chi connectivity index (χ2v) is 7.40. The van der Waals surface area contributed by atoms with Crippen LogP contribution in [0.4, 0.5) is 5.69 Å². The number of amides is 2. The average molecular weight is 365 g/mol. The summed E-state index contributed by atoms with van der Waals surface area (Å²) in [5.41, 5.74) is 2.68. The number of likely N-dealkylation sites (tertiary alicyclic amines) is 1. The van der Waals surface area contributed by atoms with Crippen LogP contribution in [0.3, 0.4) is 0 Å². The number of anilines is 1. The molecule has 1 fully saturated rings. The van der Waals surface area contributed by atoms with Crippen LogP contribution in [0, 0.1) is 6.92 Å². The van der Waals surface area contributed by atoms with E-state index in [0.717, 1.165) is 28.6 Å². The summed E-state index contributed by atoms with van der Waals surface area (Å²) in [6, 6.07) is 10.9. The molecule has 0 radical (unpaired) electrons. The zero-order valence-electron chi connectivity index (χ0n) is 14.4. The Hall–Kier alpha value is -2.73. The Morgan fingerprint density at radius 2 is 2.12 bits per heavy atom. The van der Waals surface area contributed by atoms with Gasteiger partial charge in [-0.25, -0.2) is 0 Å². The van der Waals surface area contributed by atoms with Gasteiger partial charge in [-0.1, -0.05) is 12.1 Å². The first-order valence-electron chi connectivity index (χ1n) is 8.65. The fourth-order valence-electron chi connectivity index (χ4n) is 3.46. The monoisotopic (exact) mass is 365 g/mol. The summed E-state index contributed by atoms with van der Waals surface area (Å²) in [6.07, 6.45) is 3.27. The number of rotatable bonds is 3. The van der Waals surface area contributed by atoms with E-state index in [4.69, 9.17) is 0 Å². The molecule has 3 heterocycles. The Labute approximate surface area is 155 Å². The highest BCUT2D eigenvalue weighted by atomic mass is 32.1. The van der Waals surface area contributed by atoms with Crippen LogP contribution in [0.5, 0.6) is 0 Å². The van der Waals surface area contributed by atoms with Crippen molar-refractivity contribution in [2.75, 3.05) is 11.9 Å². The Morgan fingerprint density at radius 1 is 1.23 bits per heavy atom. The summed E-state index contributed by atoms with van der Waals surface area (Å²) in [5.74, 6) is -0.200. The molecule has 26 heavy (non-hydrogen) atoms. The van der Waals surface area contributed by atoms with Crippen molar-refractivity contribution in [2.24, 2.45) is 0 Å². The van der Waals surface area contributed by atoms with E-state index in [1.165, 1.54) is 11.3 Å². The van der Waals surface area contributed by atoms with Gasteiger partial charge in [-0.15, -0.1) is 11.3 Å². The number of nitrogens with one attached hydrogen (secondary N) is 1. The van der Waals surface area contributed by atoms with Gasteiger partial charge in [0, 0.05) is 18.1 Å². The molecule has 2 amide bonds. The topological polar surface area (TPSA) is 62.3 Å². The highest BCUT2D eigenvalue weighted by Gasteiger charge is 2.35. The third-order valence-electron chi connectivity index (χ3n) is 4.78. The van der Waals surface area contributed by atoms with Crippen molar-refractivity contribution in [2.45, 2.75) is 25.8 Å². The second-order valence-electron chi connectivity index (χ2n) is 6.45. The van der Waals surface area contributed by atoms with Crippen molar-refractivity contribution in [3.63, 3.8) is 0 Å². The predicted octanol–water partition coefficient (Wildman–Crippen LogP) is 3.85. The van der Waals surface area contributed by atoms with Crippen molar-refractivity contribution in [3.8, 4) is 0 Å². The highest BCUT2D eigenvalue weighted by Crippen LogP contribution is 2.27. The first-order valence-corrected chi connectivity index (χ1v) is 9.53. The van der Waals surface area contributed by atoms with E-state index in [1.54, 1.807) is 17.2 Å². The number of aromatic nitrogens is 1. The Balaban J connectivity index is 1.58. The van der Waals surface area contributed by atoms with Gasteiger partial charge in [-0.2, -0.15) is 0 Å². The van der Waals surface area contributed by atoms with Gasteiger partial charge in [0.05, 0.1) is 16.1 Å². The zero-order chi connectivity index (χ0) is 18.1. The number of carbonyl (C=O) groups excluding carboxylic acids is 2. The molecule has 1 aliphatic rings. The van der Waals surface area contributed by atoms with E-state index in [1.807, 2.05) is 42.6 Å². The second kappa shape index (κ2) is 6.88. The fourth-order valence-corrected chi connectivity index (χ4v) is 4.14. The van der Waals surface area contributed by atoms with Gasteiger partial charge in [0.2, 0.25) is 5.91 Å². The molecule has 1 atom stereocenters. The Kier molecular flexibility index (Phi) is 4.42. The molecule has 6 heteroatoms. The van der Waals surface area contributed by atoms with E-state index in [2.05, 4.69) is 10.3 Å². The first kappa shape index (κ1) is 16.7. The average Bonchev–Trinajstić information content (AvgIpc) is 3.35. The maximum atomic E-state index is 12.9. The van der Waals surface area contributed by atoms with Crippen molar-refractivity contribution >= 4 is 39.7 Å². The number of nitrogens with zero attached hydrogens (tertiary/aromatic N) is 2. The standard InChI is InChI=1S/C20H19N3O2S/c1-13-8-9-15(14-5-2-10-21-18(13)14)22-19(24)16-6-3-11-23(16)20(25)17-7-4-12-26-17/h2,4-5,7-10,12,16H,3,6,11H2,1H3,(H,22,24)/t16-/m0/s1. The summed E-state index contributed by atoms with van der Waals surface area (Å²) < 4.78 is 0. The van der Waals surface area contributed by atoms with Gasteiger partial charge in [0.25, 0.3) is 5.91 Å². The molecule has 2 aromatic heterocycles. The van der Waals surface area contributed by atoms with Gasteiger partial charge >= 0.3 is 0 Å². The van der Waals surface area contributed by atoms with Crippen LogP contribution in [0.1, 0.15) is 28.1 Å². The highest BCUT2D eigenvalue weighted by molar-refractivity contribution is 7.12. The van der Waals surface area contributed by atoms with Crippen LogP contribution >= 0.6 is 11.3 Å². The van der Waals surface area contributed by atoms with Crippen molar-refractivity contribution in [1.82, 2.24) is 9.88 Å². The summed E-state index contributed by atoms with van der Waals surface area (Å²) in [7, 11) is 0. The molecule has 0 bridgehead atoms. The zero-order valence-corrected chi connectivity index (χ0v) is 15.3. The molecular weight excluding hydrogens is 346 g/mol. The maximum absolute atomic E-state index is 12.9. The number of pyridine rings is 1. The third-order valence-corrected chi connectivity index (χ3v) is 5.64. The minimum Gasteiger partial charge on any atom is -0.326 e. The van der Waals surface area contributed by atoms with Crippen molar-refractivity contribution in [1.29, 1.82) is 0 Å². The largest absolute Gasteiger partial charge is 0.326 e. The van der Waals surface area contributed by atoms with Crippen LogP contribution < -0.4 is 5.32 Å². The number of carbonyl (C=O) groups is 2. The number of hydrogen-bond donors (Lipinski definition) is 1. The van der Waals surface area contributed by atoms with Gasteiger partial charge in [0.15, 0.2) is 0 Å². The fraction of sp³-hybridized carbons (Fsp3) is 0.250. The molecular formula is C20H19N3O2S. The molecule has 4 rings (SSSR count). The van der Waals surface area contributed by atoms with Crippen LogP contribution in [0.2, 0.25) is 0 Å². The molecule has 0 spiro atoms. The Morgan fingerprint density at radius 3 is 2.92 bits per heavy atom. The van der Waals surface area contributed by atoms with E-state index >= 15 is 0 Å². The molecule has 0 saturated carbocycles. The predicted molar refractivity (Wildman–Crippen MR) is 103 cm³/mol. The molecule has 5 nitrogen and oxygen atoms in total. The Bertz CT molecular complexity index is 968.